The van der Waals surface area contributed by atoms with E-state index in [1.807, 2.05) is 0 Å². The molecule has 0 rings (SSSR count). The van der Waals surface area contributed by atoms with E-state index in [0.717, 1.165) is 25.8 Å². The van der Waals surface area contributed by atoms with Gasteiger partial charge in [0.2, 0.25) is 0 Å². The quantitative estimate of drug-likeness (QED) is 0.364. The van der Waals surface area contributed by atoms with Crippen LogP contribution in [-0.4, -0.2) is 25.1 Å². The molecule has 0 atom stereocenters. The monoisotopic (exact) mass is 353 g/mol. The summed E-state index contributed by atoms with van der Waals surface area (Å²) in [5.41, 5.74) is 4.22. The molecule has 0 heterocycles. The molecule has 0 aromatic carbocycles. The molecule has 6 heteroatoms. The second-order valence-corrected chi connectivity index (χ2v) is 7.66. The molecule has 0 bridgehead atoms. The number of hydrogen-bond acceptors (Lipinski definition) is 4. The van der Waals surface area contributed by atoms with Crippen LogP contribution in [-0.2, 0) is 14.6 Å². The lowest BCUT2D eigenvalue weighted by Gasteiger charge is -2.22. The normalized spacial score (nSPS) is 11.9. The predicted octanol–water partition coefficient (Wildman–Crippen LogP) is 4.86. The molecule has 23 heavy (non-hydrogen) atoms. The molecule has 5 nitrogen and oxygen atoms in total. The Morgan fingerprint density at radius 3 is 1.61 bits per heavy atom. The summed E-state index contributed by atoms with van der Waals surface area (Å²) < 4.78 is 34.6. The highest BCUT2D eigenvalue weighted by Gasteiger charge is 2.24. The van der Waals surface area contributed by atoms with Crippen LogP contribution in [0.25, 0.3) is 0 Å². The lowest BCUT2D eigenvalue weighted by atomic mass is 9.99. The first-order valence-corrected chi connectivity index (χ1v) is 10.4. The molecule has 0 saturated heterocycles. The van der Waals surface area contributed by atoms with Crippen molar-refractivity contribution in [1.29, 1.82) is 0 Å². The minimum atomic E-state index is -4.34. The van der Waals surface area contributed by atoms with Crippen LogP contribution in [0.3, 0.4) is 0 Å². The fourth-order valence-corrected chi connectivity index (χ4v) is 2.84. The molecule has 0 aromatic heterocycles. The summed E-state index contributed by atoms with van der Waals surface area (Å²) in [6.07, 6.45) is 12.8. The molecule has 0 aliphatic heterocycles. The average Bonchev–Trinajstić information content (AvgIpc) is 2.43. The Morgan fingerprint density at radius 2 is 1.26 bits per heavy atom. The van der Waals surface area contributed by atoms with Crippen molar-refractivity contribution in [3.8, 4) is 0 Å². The maximum absolute atomic E-state index is 10.6. The Balaban J connectivity index is 0. The summed E-state index contributed by atoms with van der Waals surface area (Å²) in [5, 5.41) is 0. The number of rotatable bonds is 13. The van der Waals surface area contributed by atoms with Crippen molar-refractivity contribution in [2.24, 2.45) is 5.73 Å². The van der Waals surface area contributed by atoms with E-state index in [0.29, 0.717) is 6.42 Å². The first-order chi connectivity index (χ1) is 10.7. The van der Waals surface area contributed by atoms with Crippen molar-refractivity contribution < 1.29 is 17.2 Å². The average molecular weight is 354 g/mol. The van der Waals surface area contributed by atoms with Crippen molar-refractivity contribution in [2.45, 2.75) is 104 Å². The molecule has 0 aliphatic carbocycles. The van der Waals surface area contributed by atoms with Crippen LogP contribution in [0, 0.1) is 0 Å². The van der Waals surface area contributed by atoms with Gasteiger partial charge >= 0.3 is 10.4 Å². The third-order valence-electron chi connectivity index (χ3n) is 3.50. The Kier molecular flexibility index (Phi) is 16.7. The molecule has 0 radical (unpaired) electrons. The maximum Gasteiger partial charge on any atom is 0.397 e. The van der Waals surface area contributed by atoms with Gasteiger partial charge in [-0.15, -0.1) is 0 Å². The van der Waals surface area contributed by atoms with Gasteiger partial charge in [-0.1, -0.05) is 71.6 Å². The standard InChI is InChI=1S/C14H30O4S.C3H9N/c1-4-5-6-7-8-9-10-11-12-13-14(2,3)18-19(15,16)17;1-2-3-4/h4-13H2,1-3H3,(H,15,16,17);2-4H2,1H3. The van der Waals surface area contributed by atoms with Gasteiger partial charge in [-0.2, -0.15) is 8.42 Å². The molecule has 0 aliphatic rings. The molecule has 142 valence electrons. The number of hydrogen-bond donors (Lipinski definition) is 2. The fourth-order valence-electron chi connectivity index (χ4n) is 2.19. The molecule has 0 spiro atoms. The topological polar surface area (TPSA) is 89.6 Å². The summed E-state index contributed by atoms with van der Waals surface area (Å²) in [5.74, 6) is 0. The van der Waals surface area contributed by atoms with Gasteiger partial charge in [-0.25, -0.2) is 4.18 Å². The van der Waals surface area contributed by atoms with Crippen molar-refractivity contribution in [3.63, 3.8) is 0 Å². The van der Waals surface area contributed by atoms with E-state index < -0.39 is 16.0 Å². The summed E-state index contributed by atoms with van der Waals surface area (Å²) in [6, 6.07) is 0. The second kappa shape index (κ2) is 15.4. The number of nitrogens with two attached hydrogens (primary N) is 1. The molecule has 0 fully saturated rings. The Bertz CT molecular complexity index is 341. The van der Waals surface area contributed by atoms with Crippen molar-refractivity contribution in [3.05, 3.63) is 0 Å². The van der Waals surface area contributed by atoms with E-state index >= 15 is 0 Å². The van der Waals surface area contributed by atoms with Gasteiger partial charge in [-0.05, 0) is 33.2 Å². The van der Waals surface area contributed by atoms with E-state index in [2.05, 4.69) is 18.0 Å². The lowest BCUT2D eigenvalue weighted by molar-refractivity contribution is 0.0876. The SMILES string of the molecule is CCCCCCCCCCCC(C)(C)OS(=O)(=O)O.CCCN. The maximum atomic E-state index is 10.6. The summed E-state index contributed by atoms with van der Waals surface area (Å²) >= 11 is 0. The first kappa shape index (κ1) is 25.1. The summed E-state index contributed by atoms with van der Waals surface area (Å²) in [4.78, 5) is 0. The van der Waals surface area contributed by atoms with Gasteiger partial charge in [0.15, 0.2) is 0 Å². The smallest absolute Gasteiger partial charge is 0.330 e. The molecule has 0 saturated carbocycles. The molecular formula is C17H39NO4S. The Hall–Kier alpha value is -0.170. The van der Waals surface area contributed by atoms with Crippen LogP contribution in [0.4, 0.5) is 0 Å². The van der Waals surface area contributed by atoms with Gasteiger partial charge < -0.3 is 5.73 Å². The zero-order valence-corrected chi connectivity index (χ0v) is 16.5. The van der Waals surface area contributed by atoms with Gasteiger partial charge in [0.1, 0.15) is 0 Å². The zero-order chi connectivity index (χ0) is 18.2. The van der Waals surface area contributed by atoms with Crippen LogP contribution in [0.2, 0.25) is 0 Å². The minimum Gasteiger partial charge on any atom is -0.330 e. The first-order valence-electron chi connectivity index (χ1n) is 9.06. The van der Waals surface area contributed by atoms with Crippen LogP contribution in [0.15, 0.2) is 0 Å². The van der Waals surface area contributed by atoms with Crippen molar-refractivity contribution in [1.82, 2.24) is 0 Å². The molecule has 3 N–H and O–H groups in total. The highest BCUT2D eigenvalue weighted by Crippen LogP contribution is 2.21. The minimum absolute atomic E-state index is 0.641. The zero-order valence-electron chi connectivity index (χ0n) is 15.6. The highest BCUT2D eigenvalue weighted by atomic mass is 32.3. The lowest BCUT2D eigenvalue weighted by Crippen LogP contribution is -2.27. The van der Waals surface area contributed by atoms with Crippen LogP contribution >= 0.6 is 0 Å². The Labute approximate surface area is 144 Å². The Morgan fingerprint density at radius 1 is 0.870 bits per heavy atom. The van der Waals surface area contributed by atoms with E-state index in [4.69, 9.17) is 10.3 Å². The van der Waals surface area contributed by atoms with Gasteiger partial charge in [0, 0.05) is 0 Å². The largest absolute Gasteiger partial charge is 0.397 e. The van der Waals surface area contributed by atoms with Crippen LogP contribution in [0.5, 0.6) is 0 Å². The highest BCUT2D eigenvalue weighted by molar-refractivity contribution is 7.80. The van der Waals surface area contributed by atoms with Gasteiger partial charge in [-0.3, -0.25) is 4.55 Å². The van der Waals surface area contributed by atoms with E-state index in [1.54, 1.807) is 13.8 Å². The fraction of sp³-hybridized carbons (Fsp3) is 1.00. The third kappa shape index (κ3) is 24.2. The second-order valence-electron chi connectivity index (χ2n) is 6.64. The molecule has 0 unspecified atom stereocenters. The van der Waals surface area contributed by atoms with Crippen molar-refractivity contribution in [2.75, 3.05) is 6.54 Å². The van der Waals surface area contributed by atoms with Gasteiger partial charge in [0.25, 0.3) is 0 Å². The summed E-state index contributed by atoms with van der Waals surface area (Å²) in [7, 11) is -4.34. The van der Waals surface area contributed by atoms with E-state index in [9.17, 15) is 8.42 Å². The number of unbranched alkanes of at least 4 members (excludes halogenated alkanes) is 8. The van der Waals surface area contributed by atoms with E-state index in [1.165, 1.54) is 44.9 Å². The summed E-state index contributed by atoms with van der Waals surface area (Å²) in [6.45, 7) is 8.47. The molecule has 0 aromatic rings. The van der Waals surface area contributed by atoms with E-state index in [-0.39, 0.29) is 0 Å². The third-order valence-corrected chi connectivity index (χ3v) is 4.16. The molecule has 0 amide bonds. The van der Waals surface area contributed by atoms with Gasteiger partial charge in [0.05, 0.1) is 5.60 Å². The predicted molar refractivity (Wildman–Crippen MR) is 97.9 cm³/mol. The van der Waals surface area contributed by atoms with Crippen molar-refractivity contribution >= 4 is 10.4 Å². The van der Waals surface area contributed by atoms with Crippen LogP contribution < -0.4 is 5.73 Å². The molecular weight excluding hydrogens is 314 g/mol. The van der Waals surface area contributed by atoms with Crippen LogP contribution in [0.1, 0.15) is 98.3 Å².